The molecule has 3 aliphatic heterocycles. The molecule has 4 atom stereocenters. The zero-order valence-corrected chi connectivity index (χ0v) is 17.8. The van der Waals surface area contributed by atoms with Gasteiger partial charge in [-0.05, 0) is 37.3 Å². The van der Waals surface area contributed by atoms with E-state index in [0.717, 1.165) is 37.9 Å². The van der Waals surface area contributed by atoms with E-state index in [1.54, 1.807) is 23.9 Å². The van der Waals surface area contributed by atoms with E-state index in [-0.39, 0.29) is 29.8 Å². The van der Waals surface area contributed by atoms with Gasteiger partial charge in [0.25, 0.3) is 0 Å². The number of carbonyl (C=O) groups is 3. The Kier molecular flexibility index (Phi) is 4.68. The number of fused-ring (bicyclic) bond motifs is 4. The van der Waals surface area contributed by atoms with Gasteiger partial charge < -0.3 is 5.32 Å². The lowest BCUT2D eigenvalue weighted by Crippen LogP contribution is -2.54. The number of benzene rings is 1. The second kappa shape index (κ2) is 7.00. The molecule has 8 heteroatoms. The predicted octanol–water partition coefficient (Wildman–Crippen LogP) is 2.76. The summed E-state index contributed by atoms with van der Waals surface area (Å²) in [6, 6.07) is 5.12. The van der Waals surface area contributed by atoms with Gasteiger partial charge in [-0.15, -0.1) is 0 Å². The van der Waals surface area contributed by atoms with Gasteiger partial charge in [-0.3, -0.25) is 24.6 Å². The predicted molar refractivity (Wildman–Crippen MR) is 113 cm³/mol. The topological polar surface area (TPSA) is 78.5 Å². The lowest BCUT2D eigenvalue weighted by molar-refractivity contribution is -0.145. The molecule has 1 aromatic rings. The van der Waals surface area contributed by atoms with E-state index in [2.05, 4.69) is 10.6 Å². The summed E-state index contributed by atoms with van der Waals surface area (Å²) in [6.45, 7) is 0. The summed E-state index contributed by atoms with van der Waals surface area (Å²) in [5, 5.41) is 6.79. The minimum atomic E-state index is -1.23. The maximum atomic E-state index is 13.7. The Hall–Kier alpha value is -1.57. The monoisotopic (exact) mass is 433 g/mol. The van der Waals surface area contributed by atoms with E-state index in [9.17, 15) is 14.4 Å². The number of para-hydroxylation sites is 1. The second-order valence-corrected chi connectivity index (χ2v) is 9.84. The molecule has 1 aromatic carbocycles. The van der Waals surface area contributed by atoms with Crippen LogP contribution < -0.4 is 10.6 Å². The Morgan fingerprint density at radius 2 is 1.97 bits per heavy atom. The van der Waals surface area contributed by atoms with Crippen LogP contribution in [-0.4, -0.2) is 46.7 Å². The zero-order valence-electron chi connectivity index (χ0n) is 16.2. The number of nitrogens with zero attached hydrogens (tertiary/aromatic N) is 1. The first-order valence-electron chi connectivity index (χ1n) is 10.2. The number of imide groups is 1. The van der Waals surface area contributed by atoms with Gasteiger partial charge in [0.1, 0.15) is 5.54 Å². The Labute approximate surface area is 179 Å². The Balaban J connectivity index is 1.63. The molecular weight excluding hydrogens is 410 g/mol. The molecule has 1 spiro atoms. The summed E-state index contributed by atoms with van der Waals surface area (Å²) in [4.78, 5) is 42.0. The van der Waals surface area contributed by atoms with Crippen LogP contribution in [0.2, 0.25) is 5.02 Å². The van der Waals surface area contributed by atoms with Crippen molar-refractivity contribution in [2.45, 2.75) is 49.7 Å². The standard InChI is InChI=1S/C21H24ClN3O3S/c1-29-10-9-14-15-16(19(27)25(18(15)26)11-5-2-3-6-11)21(24-14)12-7-4-8-13(22)17(12)23-20(21)28/h4,7-8,11,14-16,24H,2-3,5-6,9-10H2,1H3,(H,23,28)/t14-,15-,16+,21-/m1/s1. The largest absolute Gasteiger partial charge is 0.323 e. The van der Waals surface area contributed by atoms with Crippen molar-refractivity contribution in [2.75, 3.05) is 17.3 Å². The van der Waals surface area contributed by atoms with Gasteiger partial charge in [0, 0.05) is 17.6 Å². The van der Waals surface area contributed by atoms with E-state index in [0.29, 0.717) is 16.3 Å². The fourth-order valence-corrected chi connectivity index (χ4v) is 6.54. The summed E-state index contributed by atoms with van der Waals surface area (Å²) < 4.78 is 0. The average Bonchev–Trinajstić information content (AvgIpc) is 3.44. The molecule has 0 bridgehead atoms. The van der Waals surface area contributed by atoms with Gasteiger partial charge >= 0.3 is 0 Å². The second-order valence-electron chi connectivity index (χ2n) is 8.45. The first-order valence-corrected chi connectivity index (χ1v) is 12.0. The molecule has 0 radical (unpaired) electrons. The maximum absolute atomic E-state index is 13.7. The number of carbonyl (C=O) groups excluding carboxylic acids is 3. The Morgan fingerprint density at radius 1 is 1.21 bits per heavy atom. The molecule has 4 aliphatic rings. The molecule has 3 fully saturated rings. The third kappa shape index (κ3) is 2.56. The van der Waals surface area contributed by atoms with E-state index >= 15 is 0 Å². The Bertz CT molecular complexity index is 903. The van der Waals surface area contributed by atoms with E-state index in [1.807, 2.05) is 12.3 Å². The van der Waals surface area contributed by atoms with E-state index in [1.165, 1.54) is 4.90 Å². The molecule has 2 N–H and O–H groups in total. The number of rotatable bonds is 4. The molecule has 0 aromatic heterocycles. The molecule has 0 unspecified atom stereocenters. The van der Waals surface area contributed by atoms with Gasteiger partial charge in [0.15, 0.2) is 0 Å². The van der Waals surface area contributed by atoms with Crippen molar-refractivity contribution >= 4 is 46.8 Å². The van der Waals surface area contributed by atoms with E-state index in [4.69, 9.17) is 11.6 Å². The molecule has 3 amide bonds. The number of nitrogens with one attached hydrogen (secondary N) is 2. The SMILES string of the molecule is CSCC[C@H]1N[C@@]2(C(=O)Nc3c(Cl)cccc32)[C@@H]2C(=O)N(C3CCCC3)C(=O)[C@@H]21. The van der Waals surface area contributed by atoms with Crippen molar-refractivity contribution in [3.8, 4) is 0 Å². The van der Waals surface area contributed by atoms with Crippen LogP contribution in [0, 0.1) is 11.8 Å². The van der Waals surface area contributed by atoms with Crippen molar-refractivity contribution < 1.29 is 14.4 Å². The highest BCUT2D eigenvalue weighted by Gasteiger charge is 2.70. The molecule has 2 saturated heterocycles. The molecule has 3 heterocycles. The van der Waals surface area contributed by atoms with Crippen LogP contribution >= 0.6 is 23.4 Å². The quantitative estimate of drug-likeness (QED) is 0.714. The van der Waals surface area contributed by atoms with Gasteiger partial charge in [0.2, 0.25) is 17.7 Å². The van der Waals surface area contributed by atoms with Crippen molar-refractivity contribution in [2.24, 2.45) is 11.8 Å². The third-order valence-corrected chi connectivity index (χ3v) is 8.02. The summed E-state index contributed by atoms with van der Waals surface area (Å²) in [5.41, 5.74) is 0.00946. The number of anilines is 1. The Morgan fingerprint density at radius 3 is 2.69 bits per heavy atom. The van der Waals surface area contributed by atoms with Crippen LogP contribution in [0.1, 0.15) is 37.7 Å². The number of likely N-dealkylation sites (tertiary alicyclic amines) is 1. The number of halogens is 1. The molecule has 1 saturated carbocycles. The van der Waals surface area contributed by atoms with Crippen molar-refractivity contribution in [1.82, 2.24) is 10.2 Å². The molecular formula is C21H24ClN3O3S. The summed E-state index contributed by atoms with van der Waals surface area (Å²) in [5.74, 6) is -0.962. The molecule has 1 aliphatic carbocycles. The number of thioether (sulfide) groups is 1. The van der Waals surface area contributed by atoms with Crippen LogP contribution in [0.25, 0.3) is 0 Å². The van der Waals surface area contributed by atoms with Gasteiger partial charge in [-0.1, -0.05) is 36.6 Å². The summed E-state index contributed by atoms with van der Waals surface area (Å²) >= 11 is 8.05. The normalized spacial score (nSPS) is 33.7. The fourth-order valence-electron chi connectivity index (χ4n) is 5.83. The van der Waals surface area contributed by atoms with Gasteiger partial charge in [-0.25, -0.2) is 0 Å². The lowest BCUT2D eigenvalue weighted by atomic mass is 9.76. The zero-order chi connectivity index (χ0) is 20.3. The number of hydrogen-bond donors (Lipinski definition) is 2. The average molecular weight is 434 g/mol. The minimum absolute atomic E-state index is 0.0258. The van der Waals surface area contributed by atoms with Gasteiger partial charge in [-0.2, -0.15) is 11.8 Å². The van der Waals surface area contributed by atoms with Crippen molar-refractivity contribution in [1.29, 1.82) is 0 Å². The fraction of sp³-hybridized carbons (Fsp3) is 0.571. The highest BCUT2D eigenvalue weighted by atomic mass is 35.5. The van der Waals surface area contributed by atoms with Crippen LogP contribution in [0.3, 0.4) is 0 Å². The van der Waals surface area contributed by atoms with Crippen LogP contribution in [0.15, 0.2) is 18.2 Å². The van der Waals surface area contributed by atoms with Gasteiger partial charge in [0.05, 0.1) is 22.5 Å². The molecule has 6 nitrogen and oxygen atoms in total. The van der Waals surface area contributed by atoms with Crippen LogP contribution in [-0.2, 0) is 19.9 Å². The first-order chi connectivity index (χ1) is 14.0. The first kappa shape index (κ1) is 19.4. The highest BCUT2D eigenvalue weighted by molar-refractivity contribution is 7.98. The highest BCUT2D eigenvalue weighted by Crippen LogP contribution is 2.55. The lowest BCUT2D eigenvalue weighted by Gasteiger charge is -2.31. The number of hydrogen-bond acceptors (Lipinski definition) is 5. The molecule has 29 heavy (non-hydrogen) atoms. The molecule has 5 rings (SSSR count). The molecule has 154 valence electrons. The maximum Gasteiger partial charge on any atom is 0.250 e. The summed E-state index contributed by atoms with van der Waals surface area (Å²) in [7, 11) is 0. The smallest absolute Gasteiger partial charge is 0.250 e. The third-order valence-electron chi connectivity index (χ3n) is 7.06. The van der Waals surface area contributed by atoms with E-state index < -0.39 is 17.4 Å². The van der Waals surface area contributed by atoms with Crippen molar-refractivity contribution in [3.05, 3.63) is 28.8 Å². The minimum Gasteiger partial charge on any atom is -0.323 e. The van der Waals surface area contributed by atoms with Crippen LogP contribution in [0.4, 0.5) is 5.69 Å². The van der Waals surface area contributed by atoms with Crippen LogP contribution in [0.5, 0.6) is 0 Å². The number of amides is 3. The summed E-state index contributed by atoms with van der Waals surface area (Å²) in [6.07, 6.45) is 6.55. The van der Waals surface area contributed by atoms with Crippen molar-refractivity contribution in [3.63, 3.8) is 0 Å².